The molecule has 0 aliphatic rings. The fraction of sp³-hybridized carbons (Fsp3) is 0. The Hall–Kier alpha value is -2.01. The average Bonchev–Trinajstić information content (AvgIpc) is 2.78. The van der Waals surface area contributed by atoms with Gasteiger partial charge in [-0.05, 0) is 12.1 Å². The predicted molar refractivity (Wildman–Crippen MR) is 54.7 cm³/mol. The van der Waals surface area contributed by atoms with E-state index in [0.29, 0.717) is 16.9 Å². The first kappa shape index (κ1) is 13.1. The van der Waals surface area contributed by atoms with Gasteiger partial charge in [-0.3, -0.25) is 0 Å². The van der Waals surface area contributed by atoms with Crippen LogP contribution in [0.1, 0.15) is 17.7 Å². The Morgan fingerprint density at radius 2 is 2.29 bits per heavy atom. The number of nitriles is 1. The Balaban J connectivity index is 0.00000144. The molecule has 0 aliphatic carbocycles. The average molecular weight is 222 g/mol. The summed E-state index contributed by atoms with van der Waals surface area (Å²) >= 11 is 0. The normalized spacial score (nSPS) is 9.12. The third-order valence-corrected chi connectivity index (χ3v) is 1.96. The molecule has 1 heterocycles. The van der Waals surface area contributed by atoms with Gasteiger partial charge in [-0.2, -0.15) is 5.26 Å². The summed E-state index contributed by atoms with van der Waals surface area (Å²) in [4.78, 5) is 14.2. The van der Waals surface area contributed by atoms with Gasteiger partial charge in [-0.1, -0.05) is 12.1 Å². The summed E-state index contributed by atoms with van der Waals surface area (Å²) in [6, 6.07) is 8.65. The van der Waals surface area contributed by atoms with Crippen molar-refractivity contribution in [3.05, 3.63) is 41.9 Å². The van der Waals surface area contributed by atoms with Crippen LogP contribution in [-0.4, -0.2) is 16.1 Å². The molecule has 0 bridgehead atoms. The maximum absolute atomic E-state index is 10.6. The first-order chi connectivity index (χ1) is 7.70. The van der Waals surface area contributed by atoms with Crippen molar-refractivity contribution >= 4 is 5.97 Å². The second kappa shape index (κ2) is 5.36. The predicted octanol–water partition coefficient (Wildman–Crippen LogP) is -0.972. The van der Waals surface area contributed by atoms with E-state index >= 15 is 0 Å². The molecule has 0 unspecified atom stereocenters. The number of carboxylic acids is 1. The Bertz CT molecular complexity index is 592. The number of hydrogen-bond acceptors (Lipinski definition) is 4. The van der Waals surface area contributed by atoms with Crippen LogP contribution in [0.15, 0.2) is 34.9 Å². The largest absolute Gasteiger partial charge is 1.00 e. The summed E-state index contributed by atoms with van der Waals surface area (Å²) in [5, 5.41) is 17.3. The van der Waals surface area contributed by atoms with Crippen LogP contribution in [0.4, 0.5) is 0 Å². The standard InChI is InChI=1S/C11H6N2O3.Li.H/c12-5-7-2-1-3-8(4-7)9-6-13-10(16-9)11(14)15;;/h1-4,6H,(H,14,15);;/q;+1;-1. The van der Waals surface area contributed by atoms with Gasteiger partial charge in [0.05, 0.1) is 17.8 Å². The fourth-order valence-electron chi connectivity index (χ4n) is 1.25. The van der Waals surface area contributed by atoms with Crippen molar-refractivity contribution in [2.75, 3.05) is 0 Å². The van der Waals surface area contributed by atoms with Crippen LogP contribution in [0.3, 0.4) is 0 Å². The zero-order valence-electron chi connectivity index (χ0n) is 10.0. The summed E-state index contributed by atoms with van der Waals surface area (Å²) in [5.74, 6) is -1.26. The van der Waals surface area contributed by atoms with E-state index in [1.165, 1.54) is 6.20 Å². The third kappa shape index (κ3) is 2.76. The number of benzene rings is 1. The van der Waals surface area contributed by atoms with Crippen molar-refractivity contribution in [1.29, 1.82) is 5.26 Å². The summed E-state index contributed by atoms with van der Waals surface area (Å²) in [7, 11) is 0. The van der Waals surface area contributed by atoms with Crippen molar-refractivity contribution < 1.29 is 34.6 Å². The van der Waals surface area contributed by atoms with Crippen molar-refractivity contribution in [1.82, 2.24) is 4.98 Å². The molecular formula is C11H7LiN2O3. The molecular weight excluding hydrogens is 215 g/mol. The summed E-state index contributed by atoms with van der Waals surface area (Å²) < 4.78 is 5.01. The van der Waals surface area contributed by atoms with Crippen LogP contribution in [0.2, 0.25) is 0 Å². The van der Waals surface area contributed by atoms with E-state index < -0.39 is 5.97 Å². The van der Waals surface area contributed by atoms with Crippen molar-refractivity contribution in [2.24, 2.45) is 0 Å². The number of oxazole rings is 1. The molecule has 1 aromatic carbocycles. The topological polar surface area (TPSA) is 87.1 Å². The quantitative estimate of drug-likeness (QED) is 0.660. The van der Waals surface area contributed by atoms with E-state index in [2.05, 4.69) is 4.98 Å². The van der Waals surface area contributed by atoms with Gasteiger partial charge >= 0.3 is 30.7 Å². The van der Waals surface area contributed by atoms with Crippen LogP contribution in [-0.2, 0) is 0 Å². The van der Waals surface area contributed by atoms with Gasteiger partial charge in [0.1, 0.15) is 0 Å². The van der Waals surface area contributed by atoms with Gasteiger partial charge < -0.3 is 11.0 Å². The van der Waals surface area contributed by atoms with Gasteiger partial charge in [0.2, 0.25) is 0 Å². The van der Waals surface area contributed by atoms with Crippen LogP contribution >= 0.6 is 0 Å². The van der Waals surface area contributed by atoms with Gasteiger partial charge in [0.15, 0.2) is 5.76 Å². The monoisotopic (exact) mass is 222 g/mol. The molecule has 2 aromatic rings. The number of carbonyl (C=O) groups is 1. The van der Waals surface area contributed by atoms with Crippen LogP contribution < -0.4 is 18.9 Å². The van der Waals surface area contributed by atoms with E-state index in [-0.39, 0.29) is 26.2 Å². The molecule has 0 spiro atoms. The molecule has 1 N–H and O–H groups in total. The van der Waals surface area contributed by atoms with Crippen LogP contribution in [0.25, 0.3) is 11.3 Å². The van der Waals surface area contributed by atoms with E-state index in [4.69, 9.17) is 14.8 Å². The maximum Gasteiger partial charge on any atom is 1.00 e. The first-order valence-electron chi connectivity index (χ1n) is 4.40. The minimum Gasteiger partial charge on any atom is -1.00 e. The van der Waals surface area contributed by atoms with E-state index in [0.717, 1.165) is 0 Å². The van der Waals surface area contributed by atoms with Gasteiger partial charge in [-0.25, -0.2) is 9.78 Å². The summed E-state index contributed by atoms with van der Waals surface area (Å²) in [5.41, 5.74) is 1.10. The van der Waals surface area contributed by atoms with Crippen molar-refractivity contribution in [3.8, 4) is 17.4 Å². The zero-order chi connectivity index (χ0) is 11.5. The SMILES string of the molecule is N#Cc1cccc(-c2cnc(C(=O)O)o2)c1.[H-].[Li+]. The van der Waals surface area contributed by atoms with Gasteiger partial charge in [-0.15, -0.1) is 0 Å². The summed E-state index contributed by atoms with van der Waals surface area (Å²) in [6.45, 7) is 0. The molecule has 6 heteroatoms. The molecule has 80 valence electrons. The second-order valence-electron chi connectivity index (χ2n) is 3.03. The second-order valence-corrected chi connectivity index (χ2v) is 3.03. The molecule has 5 nitrogen and oxygen atoms in total. The Morgan fingerprint density at radius 1 is 1.53 bits per heavy atom. The molecule has 0 saturated carbocycles. The van der Waals surface area contributed by atoms with E-state index in [1.807, 2.05) is 6.07 Å². The molecule has 0 fully saturated rings. The zero-order valence-corrected chi connectivity index (χ0v) is 9.04. The molecule has 0 atom stereocenters. The number of hydrogen-bond donors (Lipinski definition) is 1. The van der Waals surface area contributed by atoms with Crippen molar-refractivity contribution in [2.45, 2.75) is 0 Å². The Morgan fingerprint density at radius 3 is 2.88 bits per heavy atom. The third-order valence-electron chi connectivity index (χ3n) is 1.96. The molecule has 1 aromatic heterocycles. The first-order valence-corrected chi connectivity index (χ1v) is 4.40. The number of aromatic carboxylic acids is 1. The maximum atomic E-state index is 10.6. The smallest absolute Gasteiger partial charge is 1.00 e. The van der Waals surface area contributed by atoms with Crippen LogP contribution in [0.5, 0.6) is 0 Å². The number of nitrogens with zero attached hydrogens (tertiary/aromatic N) is 2. The molecule has 0 radical (unpaired) electrons. The van der Waals surface area contributed by atoms with Crippen LogP contribution in [0, 0.1) is 11.3 Å². The van der Waals surface area contributed by atoms with Gasteiger partial charge in [0, 0.05) is 5.56 Å². The summed E-state index contributed by atoms with van der Waals surface area (Å²) in [6.07, 6.45) is 1.32. The van der Waals surface area contributed by atoms with E-state index in [1.54, 1.807) is 24.3 Å². The van der Waals surface area contributed by atoms with E-state index in [9.17, 15) is 4.79 Å². The number of aromatic nitrogens is 1. The molecule has 0 saturated heterocycles. The minimum atomic E-state index is -1.22. The number of rotatable bonds is 2. The fourth-order valence-corrected chi connectivity index (χ4v) is 1.25. The van der Waals surface area contributed by atoms with Crippen molar-refractivity contribution in [3.63, 3.8) is 0 Å². The molecule has 0 aliphatic heterocycles. The molecule has 2 rings (SSSR count). The molecule has 17 heavy (non-hydrogen) atoms. The minimum absolute atomic E-state index is 0. The van der Waals surface area contributed by atoms with Gasteiger partial charge in [0.25, 0.3) is 0 Å². The Labute approximate surface area is 110 Å². The number of carboxylic acid groups (broad SMARTS) is 1. The molecule has 0 amide bonds. The Kier molecular flexibility index (Phi) is 4.11.